The van der Waals surface area contributed by atoms with Gasteiger partial charge in [0.2, 0.25) is 10.0 Å². The Bertz CT molecular complexity index is 683. The molecule has 3 N–H and O–H groups in total. The standard InChI is InChI=1S/C13H17N3O2S/c1-10-9-13(15-7-4-8-19(14,17)18)11-5-2-3-6-12(11)16-10/h2-3,5-6,9H,4,7-8H2,1H3,(H,15,16)(H2,14,17,18). The number of para-hydroxylation sites is 1. The maximum Gasteiger partial charge on any atom is 0.209 e. The Morgan fingerprint density at radius 2 is 2.05 bits per heavy atom. The number of aromatic nitrogens is 1. The van der Waals surface area contributed by atoms with E-state index in [1.807, 2.05) is 37.3 Å². The molecule has 2 rings (SSSR count). The number of benzene rings is 1. The molecule has 2 aromatic rings. The molecule has 0 radical (unpaired) electrons. The molecule has 0 aliphatic carbocycles. The van der Waals surface area contributed by atoms with Gasteiger partial charge in [0.25, 0.3) is 0 Å². The average Bonchev–Trinajstić information content (AvgIpc) is 2.33. The second-order valence-electron chi connectivity index (χ2n) is 4.48. The Balaban J connectivity index is 2.12. The number of sulfonamides is 1. The van der Waals surface area contributed by atoms with Gasteiger partial charge in [-0.15, -0.1) is 0 Å². The highest BCUT2D eigenvalue weighted by Gasteiger charge is 2.04. The second-order valence-corrected chi connectivity index (χ2v) is 6.21. The van der Waals surface area contributed by atoms with Gasteiger partial charge in [0, 0.05) is 23.3 Å². The number of primary sulfonamides is 1. The lowest BCUT2D eigenvalue weighted by Crippen LogP contribution is -2.18. The van der Waals surface area contributed by atoms with Crippen molar-refractivity contribution in [3.63, 3.8) is 0 Å². The van der Waals surface area contributed by atoms with Gasteiger partial charge < -0.3 is 5.32 Å². The van der Waals surface area contributed by atoms with Crippen LogP contribution >= 0.6 is 0 Å². The number of anilines is 1. The number of nitrogens with two attached hydrogens (primary N) is 1. The van der Waals surface area contributed by atoms with E-state index >= 15 is 0 Å². The highest BCUT2D eigenvalue weighted by molar-refractivity contribution is 7.89. The fourth-order valence-corrected chi connectivity index (χ4v) is 2.50. The summed E-state index contributed by atoms with van der Waals surface area (Å²) in [7, 11) is -3.38. The molecule has 1 aromatic carbocycles. The number of rotatable bonds is 5. The molecule has 0 aliphatic rings. The second kappa shape index (κ2) is 5.54. The van der Waals surface area contributed by atoms with E-state index in [2.05, 4.69) is 10.3 Å². The van der Waals surface area contributed by atoms with Gasteiger partial charge >= 0.3 is 0 Å². The molecule has 0 atom stereocenters. The first kappa shape index (κ1) is 13.8. The molecule has 0 saturated heterocycles. The van der Waals surface area contributed by atoms with Gasteiger partial charge in [-0.25, -0.2) is 13.6 Å². The number of pyridine rings is 1. The molecule has 0 spiro atoms. The van der Waals surface area contributed by atoms with Crippen molar-refractivity contribution in [2.75, 3.05) is 17.6 Å². The first-order valence-corrected chi connectivity index (χ1v) is 7.78. The third-order valence-electron chi connectivity index (χ3n) is 2.77. The van der Waals surface area contributed by atoms with Crippen molar-refractivity contribution < 1.29 is 8.42 Å². The van der Waals surface area contributed by atoms with Crippen LogP contribution in [-0.2, 0) is 10.0 Å². The molecule has 19 heavy (non-hydrogen) atoms. The van der Waals surface area contributed by atoms with E-state index in [1.54, 1.807) is 0 Å². The predicted molar refractivity (Wildman–Crippen MR) is 77.6 cm³/mol. The van der Waals surface area contributed by atoms with Crippen LogP contribution in [0.2, 0.25) is 0 Å². The fraction of sp³-hybridized carbons (Fsp3) is 0.308. The summed E-state index contributed by atoms with van der Waals surface area (Å²) in [4.78, 5) is 4.45. The summed E-state index contributed by atoms with van der Waals surface area (Å²) < 4.78 is 21.7. The zero-order valence-corrected chi connectivity index (χ0v) is 11.6. The largest absolute Gasteiger partial charge is 0.384 e. The van der Waals surface area contributed by atoms with Crippen LogP contribution in [0.4, 0.5) is 5.69 Å². The lowest BCUT2D eigenvalue weighted by molar-refractivity contribution is 0.596. The van der Waals surface area contributed by atoms with Crippen molar-refractivity contribution >= 4 is 26.6 Å². The Kier molecular flexibility index (Phi) is 4.01. The minimum Gasteiger partial charge on any atom is -0.384 e. The normalized spacial score (nSPS) is 11.7. The summed E-state index contributed by atoms with van der Waals surface area (Å²) >= 11 is 0. The molecule has 0 amide bonds. The lowest BCUT2D eigenvalue weighted by Gasteiger charge is -2.10. The SMILES string of the molecule is Cc1cc(NCCCS(N)(=O)=O)c2ccccc2n1. The molecular weight excluding hydrogens is 262 g/mol. The topological polar surface area (TPSA) is 85.1 Å². The lowest BCUT2D eigenvalue weighted by atomic mass is 10.1. The Morgan fingerprint density at radius 3 is 2.79 bits per heavy atom. The molecule has 0 aliphatic heterocycles. The maximum absolute atomic E-state index is 10.8. The van der Waals surface area contributed by atoms with Gasteiger partial charge in [0.15, 0.2) is 0 Å². The first-order valence-electron chi connectivity index (χ1n) is 6.06. The van der Waals surface area contributed by atoms with E-state index in [1.165, 1.54) is 0 Å². The van der Waals surface area contributed by atoms with Crippen molar-refractivity contribution in [1.82, 2.24) is 4.98 Å². The molecule has 6 heteroatoms. The van der Waals surface area contributed by atoms with Crippen LogP contribution < -0.4 is 10.5 Å². The third-order valence-corrected chi connectivity index (χ3v) is 3.62. The van der Waals surface area contributed by atoms with Crippen molar-refractivity contribution in [3.05, 3.63) is 36.0 Å². The monoisotopic (exact) mass is 279 g/mol. The number of nitrogens with one attached hydrogen (secondary N) is 1. The van der Waals surface area contributed by atoms with Crippen molar-refractivity contribution in [3.8, 4) is 0 Å². The summed E-state index contributed by atoms with van der Waals surface area (Å²) in [5, 5.41) is 9.24. The highest BCUT2D eigenvalue weighted by Crippen LogP contribution is 2.22. The molecular formula is C13H17N3O2S. The number of hydrogen-bond donors (Lipinski definition) is 2. The van der Waals surface area contributed by atoms with Crippen LogP contribution in [0.5, 0.6) is 0 Å². The maximum atomic E-state index is 10.8. The molecule has 1 aromatic heterocycles. The van der Waals surface area contributed by atoms with E-state index in [9.17, 15) is 8.42 Å². The summed E-state index contributed by atoms with van der Waals surface area (Å²) in [6.45, 7) is 2.49. The van der Waals surface area contributed by atoms with Gasteiger partial charge in [0.1, 0.15) is 0 Å². The molecule has 0 unspecified atom stereocenters. The van der Waals surface area contributed by atoms with Crippen LogP contribution in [-0.4, -0.2) is 25.7 Å². The zero-order chi connectivity index (χ0) is 13.9. The first-order chi connectivity index (χ1) is 8.96. The Hall–Kier alpha value is -1.66. The van der Waals surface area contributed by atoms with Crippen molar-refractivity contribution in [1.29, 1.82) is 0 Å². The summed E-state index contributed by atoms with van der Waals surface area (Å²) in [5.74, 6) is -0.0119. The Morgan fingerprint density at radius 1 is 1.32 bits per heavy atom. The molecule has 0 fully saturated rings. The third kappa shape index (κ3) is 3.90. The number of aryl methyl sites for hydroxylation is 1. The number of nitrogens with zero attached hydrogens (tertiary/aromatic N) is 1. The van der Waals surface area contributed by atoms with Crippen LogP contribution in [0, 0.1) is 6.92 Å². The van der Waals surface area contributed by atoms with Gasteiger partial charge in [-0.3, -0.25) is 4.98 Å². The molecule has 0 bridgehead atoms. The van der Waals surface area contributed by atoms with Gasteiger partial charge in [0.05, 0.1) is 11.3 Å². The molecule has 0 saturated carbocycles. The zero-order valence-electron chi connectivity index (χ0n) is 10.8. The smallest absolute Gasteiger partial charge is 0.209 e. The van der Waals surface area contributed by atoms with Gasteiger partial charge in [-0.05, 0) is 25.5 Å². The van der Waals surface area contributed by atoms with Crippen molar-refractivity contribution in [2.45, 2.75) is 13.3 Å². The van der Waals surface area contributed by atoms with E-state index in [-0.39, 0.29) is 5.75 Å². The quantitative estimate of drug-likeness (QED) is 0.815. The Labute approximate surface area is 112 Å². The van der Waals surface area contributed by atoms with E-state index in [0.717, 1.165) is 22.3 Å². The van der Waals surface area contributed by atoms with E-state index < -0.39 is 10.0 Å². The highest BCUT2D eigenvalue weighted by atomic mass is 32.2. The molecule has 1 heterocycles. The summed E-state index contributed by atoms with van der Waals surface area (Å²) in [5.41, 5.74) is 2.82. The summed E-state index contributed by atoms with van der Waals surface area (Å²) in [6, 6.07) is 9.80. The number of hydrogen-bond acceptors (Lipinski definition) is 4. The van der Waals surface area contributed by atoms with Crippen LogP contribution in [0.1, 0.15) is 12.1 Å². The summed E-state index contributed by atoms with van der Waals surface area (Å²) in [6.07, 6.45) is 0.481. The predicted octanol–water partition coefficient (Wildman–Crippen LogP) is 1.63. The van der Waals surface area contributed by atoms with Crippen LogP contribution in [0.25, 0.3) is 10.9 Å². The average molecular weight is 279 g/mol. The van der Waals surface area contributed by atoms with Gasteiger partial charge in [-0.1, -0.05) is 18.2 Å². The number of fused-ring (bicyclic) bond motifs is 1. The van der Waals surface area contributed by atoms with Gasteiger partial charge in [-0.2, -0.15) is 0 Å². The molecule has 5 nitrogen and oxygen atoms in total. The van der Waals surface area contributed by atoms with E-state index in [0.29, 0.717) is 13.0 Å². The minimum atomic E-state index is -3.38. The minimum absolute atomic E-state index is 0.0119. The fourth-order valence-electron chi connectivity index (χ4n) is 1.95. The van der Waals surface area contributed by atoms with Crippen LogP contribution in [0.3, 0.4) is 0 Å². The van der Waals surface area contributed by atoms with Crippen LogP contribution in [0.15, 0.2) is 30.3 Å². The van der Waals surface area contributed by atoms with Crippen molar-refractivity contribution in [2.24, 2.45) is 5.14 Å². The van der Waals surface area contributed by atoms with E-state index in [4.69, 9.17) is 5.14 Å². The molecule has 102 valence electrons.